The molecule has 0 spiro atoms. The van der Waals surface area contributed by atoms with Gasteiger partial charge in [-0.3, -0.25) is 0 Å². The highest BCUT2D eigenvalue weighted by Crippen LogP contribution is 2.08. The first-order valence-corrected chi connectivity index (χ1v) is 3.99. The largest absolute Gasteiger partial charge is 0.396 e. The van der Waals surface area contributed by atoms with Crippen LogP contribution in [0.25, 0.3) is 0 Å². The molecule has 64 valence electrons. The number of hydrogen-bond donors (Lipinski definition) is 1. The van der Waals surface area contributed by atoms with Crippen LogP contribution < -0.4 is 0 Å². The molecule has 0 aromatic heterocycles. The second-order valence-electron chi connectivity index (χ2n) is 2.37. The maximum absolute atomic E-state index is 10.5. The SMILES string of the molecule is CC(=O)CC/C=C(/Cl)CCO. The highest BCUT2D eigenvalue weighted by molar-refractivity contribution is 6.29. The molecular formula is C8H13ClO2. The van der Waals surface area contributed by atoms with Gasteiger partial charge in [0.05, 0.1) is 0 Å². The fourth-order valence-electron chi connectivity index (χ4n) is 0.641. The van der Waals surface area contributed by atoms with E-state index < -0.39 is 0 Å². The van der Waals surface area contributed by atoms with Crippen molar-refractivity contribution in [1.82, 2.24) is 0 Å². The molecule has 0 rings (SSSR count). The number of carbonyl (C=O) groups is 1. The third kappa shape index (κ3) is 7.56. The molecule has 0 saturated carbocycles. The van der Waals surface area contributed by atoms with Crippen molar-refractivity contribution in [3.8, 4) is 0 Å². The lowest BCUT2D eigenvalue weighted by molar-refractivity contribution is -0.116. The molecule has 0 atom stereocenters. The van der Waals surface area contributed by atoms with Crippen LogP contribution in [0.4, 0.5) is 0 Å². The van der Waals surface area contributed by atoms with Gasteiger partial charge in [0.1, 0.15) is 5.78 Å². The van der Waals surface area contributed by atoms with Crippen molar-refractivity contribution in [2.24, 2.45) is 0 Å². The molecule has 0 aromatic carbocycles. The quantitative estimate of drug-likeness (QED) is 0.695. The van der Waals surface area contributed by atoms with Crippen molar-refractivity contribution in [2.75, 3.05) is 6.61 Å². The van der Waals surface area contributed by atoms with Gasteiger partial charge in [-0.1, -0.05) is 17.7 Å². The summed E-state index contributed by atoms with van der Waals surface area (Å²) in [4.78, 5) is 10.5. The second-order valence-corrected chi connectivity index (χ2v) is 2.85. The zero-order chi connectivity index (χ0) is 8.69. The van der Waals surface area contributed by atoms with Crippen LogP contribution in [0.1, 0.15) is 26.2 Å². The molecule has 3 heteroatoms. The number of hydrogen-bond acceptors (Lipinski definition) is 2. The molecule has 0 aliphatic carbocycles. The van der Waals surface area contributed by atoms with E-state index in [9.17, 15) is 4.79 Å². The van der Waals surface area contributed by atoms with E-state index >= 15 is 0 Å². The van der Waals surface area contributed by atoms with Gasteiger partial charge >= 0.3 is 0 Å². The fraction of sp³-hybridized carbons (Fsp3) is 0.625. The van der Waals surface area contributed by atoms with E-state index in [2.05, 4.69) is 0 Å². The van der Waals surface area contributed by atoms with Gasteiger partial charge < -0.3 is 9.90 Å². The molecule has 11 heavy (non-hydrogen) atoms. The monoisotopic (exact) mass is 176 g/mol. The summed E-state index contributed by atoms with van der Waals surface area (Å²) in [7, 11) is 0. The van der Waals surface area contributed by atoms with E-state index in [0.717, 1.165) is 0 Å². The number of allylic oxidation sites excluding steroid dienone is 1. The second kappa shape index (κ2) is 6.38. The van der Waals surface area contributed by atoms with Gasteiger partial charge in [0.25, 0.3) is 0 Å². The topological polar surface area (TPSA) is 37.3 Å². The summed E-state index contributed by atoms with van der Waals surface area (Å²) in [6, 6.07) is 0. The molecule has 0 bridgehead atoms. The Labute approximate surface area is 71.9 Å². The van der Waals surface area contributed by atoms with Crippen LogP contribution >= 0.6 is 11.6 Å². The predicted molar refractivity (Wildman–Crippen MR) is 45.6 cm³/mol. The summed E-state index contributed by atoms with van der Waals surface area (Å²) in [6.45, 7) is 1.61. The number of Topliss-reactive ketones (excluding diaryl/α,β-unsaturated/α-hetero) is 1. The third-order valence-electron chi connectivity index (χ3n) is 1.21. The fourth-order valence-corrected chi connectivity index (χ4v) is 0.835. The van der Waals surface area contributed by atoms with Crippen LogP contribution in [0, 0.1) is 0 Å². The zero-order valence-corrected chi connectivity index (χ0v) is 7.40. The molecule has 0 aromatic rings. The number of halogens is 1. The van der Waals surface area contributed by atoms with Crippen LogP contribution in [0.5, 0.6) is 0 Å². The van der Waals surface area contributed by atoms with Crippen molar-refractivity contribution in [2.45, 2.75) is 26.2 Å². The first-order chi connectivity index (χ1) is 5.16. The first-order valence-electron chi connectivity index (χ1n) is 3.61. The normalized spacial score (nSPS) is 11.7. The Kier molecular flexibility index (Phi) is 6.18. The van der Waals surface area contributed by atoms with Crippen molar-refractivity contribution in [3.05, 3.63) is 11.1 Å². The van der Waals surface area contributed by atoms with Crippen molar-refractivity contribution in [1.29, 1.82) is 0 Å². The lowest BCUT2D eigenvalue weighted by Crippen LogP contribution is -1.88. The Morgan fingerprint density at radius 1 is 1.55 bits per heavy atom. The summed E-state index contributed by atoms with van der Waals surface area (Å²) in [5.41, 5.74) is 0. The van der Waals surface area contributed by atoms with Crippen LogP contribution in [-0.4, -0.2) is 17.5 Å². The number of aliphatic hydroxyl groups excluding tert-OH is 1. The van der Waals surface area contributed by atoms with E-state index in [1.165, 1.54) is 0 Å². The predicted octanol–water partition coefficient (Wildman–Crippen LogP) is 1.86. The molecule has 0 aliphatic heterocycles. The summed E-state index contributed by atoms with van der Waals surface area (Å²) in [6.07, 6.45) is 3.47. The van der Waals surface area contributed by atoms with E-state index in [0.29, 0.717) is 24.3 Å². The molecule has 0 heterocycles. The van der Waals surface area contributed by atoms with Crippen molar-refractivity contribution in [3.63, 3.8) is 0 Å². The van der Waals surface area contributed by atoms with Gasteiger partial charge in [-0.2, -0.15) is 0 Å². The minimum absolute atomic E-state index is 0.0649. The molecule has 2 nitrogen and oxygen atoms in total. The van der Waals surface area contributed by atoms with Gasteiger partial charge in [0, 0.05) is 24.5 Å². The van der Waals surface area contributed by atoms with Crippen LogP contribution in [-0.2, 0) is 4.79 Å². The smallest absolute Gasteiger partial charge is 0.130 e. The van der Waals surface area contributed by atoms with Gasteiger partial charge in [-0.05, 0) is 13.3 Å². The molecule has 1 N–H and O–H groups in total. The Hall–Kier alpha value is -0.340. The zero-order valence-electron chi connectivity index (χ0n) is 6.64. The lowest BCUT2D eigenvalue weighted by Gasteiger charge is -1.93. The van der Waals surface area contributed by atoms with Crippen LogP contribution in [0.3, 0.4) is 0 Å². The van der Waals surface area contributed by atoms with Gasteiger partial charge in [-0.25, -0.2) is 0 Å². The Balaban J connectivity index is 3.47. The minimum Gasteiger partial charge on any atom is -0.396 e. The average molecular weight is 177 g/mol. The average Bonchev–Trinajstić information content (AvgIpc) is 1.87. The standard InChI is InChI=1S/C8H13ClO2/c1-7(11)3-2-4-8(9)5-6-10/h4,10H,2-3,5-6H2,1H3/b8-4+. The molecule has 0 saturated heterocycles. The van der Waals surface area contributed by atoms with Crippen LogP contribution in [0.2, 0.25) is 0 Å². The van der Waals surface area contributed by atoms with E-state index in [1.54, 1.807) is 13.0 Å². The number of ketones is 1. The minimum atomic E-state index is 0.0649. The summed E-state index contributed by atoms with van der Waals surface area (Å²) in [5, 5.41) is 9.09. The highest BCUT2D eigenvalue weighted by Gasteiger charge is 1.92. The number of rotatable bonds is 5. The van der Waals surface area contributed by atoms with Crippen molar-refractivity contribution >= 4 is 17.4 Å². The van der Waals surface area contributed by atoms with Gasteiger partial charge in [0.15, 0.2) is 0 Å². The maximum atomic E-state index is 10.5. The molecule has 0 unspecified atom stereocenters. The molecule has 0 aliphatic rings. The summed E-state index contributed by atoms with van der Waals surface area (Å²) in [5.74, 6) is 0.162. The highest BCUT2D eigenvalue weighted by atomic mass is 35.5. The Bertz CT molecular complexity index is 152. The summed E-state index contributed by atoms with van der Waals surface area (Å²) >= 11 is 5.65. The van der Waals surface area contributed by atoms with Gasteiger partial charge in [0.2, 0.25) is 0 Å². The Morgan fingerprint density at radius 2 is 2.18 bits per heavy atom. The molecule has 0 amide bonds. The van der Waals surface area contributed by atoms with Crippen LogP contribution in [0.15, 0.2) is 11.1 Å². The van der Waals surface area contributed by atoms with E-state index in [-0.39, 0.29) is 12.4 Å². The van der Waals surface area contributed by atoms with E-state index in [4.69, 9.17) is 16.7 Å². The third-order valence-corrected chi connectivity index (χ3v) is 1.56. The lowest BCUT2D eigenvalue weighted by atomic mass is 10.2. The number of carbonyl (C=O) groups excluding carboxylic acids is 1. The van der Waals surface area contributed by atoms with Gasteiger partial charge in [-0.15, -0.1) is 0 Å². The maximum Gasteiger partial charge on any atom is 0.130 e. The molecule has 0 fully saturated rings. The van der Waals surface area contributed by atoms with Crippen molar-refractivity contribution < 1.29 is 9.90 Å². The first kappa shape index (κ1) is 10.7. The molecular weight excluding hydrogens is 164 g/mol. The Morgan fingerprint density at radius 3 is 2.64 bits per heavy atom. The molecule has 0 radical (unpaired) electrons. The number of aliphatic hydroxyl groups is 1. The van der Waals surface area contributed by atoms with E-state index in [1.807, 2.05) is 0 Å². The summed E-state index contributed by atoms with van der Waals surface area (Å²) < 4.78 is 0.